The molecule has 0 spiro atoms. The number of ether oxygens (including phenoxy) is 1. The van der Waals surface area contributed by atoms with Gasteiger partial charge >= 0.3 is 0 Å². The van der Waals surface area contributed by atoms with Crippen molar-refractivity contribution in [2.75, 3.05) is 13.7 Å². The Labute approximate surface area is 79.2 Å². The van der Waals surface area contributed by atoms with Gasteiger partial charge in [0.15, 0.2) is 0 Å². The highest BCUT2D eigenvalue weighted by Gasteiger charge is 2.01. The Morgan fingerprint density at radius 3 is 2.38 bits per heavy atom. The second kappa shape index (κ2) is 4.92. The molecule has 1 aromatic rings. The van der Waals surface area contributed by atoms with Crippen molar-refractivity contribution in [3.8, 4) is 0 Å². The van der Waals surface area contributed by atoms with Gasteiger partial charge in [-0.25, -0.2) is 9.97 Å². The van der Waals surface area contributed by atoms with E-state index in [0.717, 1.165) is 24.4 Å². The summed E-state index contributed by atoms with van der Waals surface area (Å²) in [6.07, 6.45) is 4.64. The van der Waals surface area contributed by atoms with Crippen LogP contribution >= 0.6 is 0 Å². The Morgan fingerprint density at radius 1 is 1.31 bits per heavy atom. The summed E-state index contributed by atoms with van der Waals surface area (Å²) < 4.78 is 4.97. The van der Waals surface area contributed by atoms with Gasteiger partial charge in [0.1, 0.15) is 5.82 Å². The topological polar surface area (TPSA) is 35.0 Å². The van der Waals surface area contributed by atoms with E-state index in [9.17, 15) is 0 Å². The Bertz CT molecular complexity index is 244. The Balaban J connectivity index is 2.59. The second-order valence-electron chi connectivity index (χ2n) is 3.35. The molecule has 1 aromatic heterocycles. The summed E-state index contributed by atoms with van der Waals surface area (Å²) in [5.41, 5.74) is 1.13. The van der Waals surface area contributed by atoms with E-state index in [1.165, 1.54) is 0 Å². The average molecular weight is 180 g/mol. The van der Waals surface area contributed by atoms with Crippen molar-refractivity contribution < 1.29 is 4.74 Å². The second-order valence-corrected chi connectivity index (χ2v) is 3.35. The molecule has 0 aliphatic rings. The van der Waals surface area contributed by atoms with Crippen molar-refractivity contribution in [2.45, 2.75) is 26.2 Å². The number of rotatable bonds is 4. The van der Waals surface area contributed by atoms with Crippen molar-refractivity contribution in [1.29, 1.82) is 0 Å². The summed E-state index contributed by atoms with van der Waals surface area (Å²) in [4.78, 5) is 8.53. The van der Waals surface area contributed by atoms with E-state index in [2.05, 4.69) is 23.8 Å². The van der Waals surface area contributed by atoms with E-state index < -0.39 is 0 Å². The fraction of sp³-hybridized carbons (Fsp3) is 0.600. The molecule has 0 unspecified atom stereocenters. The zero-order valence-electron chi connectivity index (χ0n) is 8.45. The largest absolute Gasteiger partial charge is 0.384 e. The monoisotopic (exact) mass is 180 g/mol. The molecule has 13 heavy (non-hydrogen) atoms. The van der Waals surface area contributed by atoms with Crippen molar-refractivity contribution in [2.24, 2.45) is 0 Å². The molecule has 0 atom stereocenters. The quantitative estimate of drug-likeness (QED) is 0.708. The zero-order valence-corrected chi connectivity index (χ0v) is 8.45. The SMILES string of the molecule is COCCc1cnc(C(C)C)nc1. The minimum absolute atomic E-state index is 0.400. The summed E-state index contributed by atoms with van der Waals surface area (Å²) in [6.45, 7) is 4.90. The third-order valence-electron chi connectivity index (χ3n) is 1.84. The first-order chi connectivity index (χ1) is 6.24. The third-order valence-corrected chi connectivity index (χ3v) is 1.84. The zero-order chi connectivity index (χ0) is 9.68. The summed E-state index contributed by atoms with van der Waals surface area (Å²) >= 11 is 0. The first-order valence-corrected chi connectivity index (χ1v) is 4.53. The predicted octanol–water partition coefficient (Wildman–Crippen LogP) is 1.79. The maximum Gasteiger partial charge on any atom is 0.130 e. The van der Waals surface area contributed by atoms with Crippen molar-refractivity contribution in [3.63, 3.8) is 0 Å². The van der Waals surface area contributed by atoms with Crippen LogP contribution in [0.5, 0.6) is 0 Å². The lowest BCUT2D eigenvalue weighted by atomic mass is 10.2. The lowest BCUT2D eigenvalue weighted by Gasteiger charge is -2.04. The molecule has 1 heterocycles. The summed E-state index contributed by atoms with van der Waals surface area (Å²) in [6, 6.07) is 0. The molecular formula is C10H16N2O. The highest BCUT2D eigenvalue weighted by atomic mass is 16.5. The van der Waals surface area contributed by atoms with E-state index in [4.69, 9.17) is 4.74 Å². The molecule has 1 rings (SSSR count). The summed E-state index contributed by atoms with van der Waals surface area (Å²) in [5, 5.41) is 0. The van der Waals surface area contributed by atoms with Crippen LogP contribution in [0.3, 0.4) is 0 Å². The number of methoxy groups -OCH3 is 1. The maximum absolute atomic E-state index is 4.97. The maximum atomic E-state index is 4.97. The predicted molar refractivity (Wildman–Crippen MR) is 51.7 cm³/mol. The molecule has 0 fully saturated rings. The van der Waals surface area contributed by atoms with Gasteiger partial charge in [-0.1, -0.05) is 13.8 Å². The lowest BCUT2D eigenvalue weighted by molar-refractivity contribution is 0.202. The molecular weight excluding hydrogens is 164 g/mol. The van der Waals surface area contributed by atoms with Gasteiger partial charge in [-0.2, -0.15) is 0 Å². The van der Waals surface area contributed by atoms with Gasteiger partial charge in [-0.05, 0) is 12.0 Å². The van der Waals surface area contributed by atoms with Gasteiger partial charge in [-0.3, -0.25) is 0 Å². The van der Waals surface area contributed by atoms with Crippen LogP contribution in [0, 0.1) is 0 Å². The minimum atomic E-state index is 0.400. The van der Waals surface area contributed by atoms with Crippen LogP contribution in [0.25, 0.3) is 0 Å². The van der Waals surface area contributed by atoms with Crippen LogP contribution in [0.2, 0.25) is 0 Å². The van der Waals surface area contributed by atoms with Crippen LogP contribution in [-0.2, 0) is 11.2 Å². The first-order valence-electron chi connectivity index (χ1n) is 4.53. The van der Waals surface area contributed by atoms with Crippen LogP contribution in [0.1, 0.15) is 31.2 Å². The number of aromatic nitrogens is 2. The highest BCUT2D eigenvalue weighted by molar-refractivity contribution is 5.06. The van der Waals surface area contributed by atoms with Gasteiger partial charge in [0.05, 0.1) is 6.61 Å². The molecule has 0 aliphatic heterocycles. The van der Waals surface area contributed by atoms with Gasteiger partial charge < -0.3 is 4.74 Å². The highest BCUT2D eigenvalue weighted by Crippen LogP contribution is 2.07. The fourth-order valence-corrected chi connectivity index (χ4v) is 1.01. The average Bonchev–Trinajstić information content (AvgIpc) is 2.15. The smallest absolute Gasteiger partial charge is 0.130 e. The van der Waals surface area contributed by atoms with Crippen LogP contribution in [-0.4, -0.2) is 23.7 Å². The number of nitrogens with zero attached hydrogens (tertiary/aromatic N) is 2. The molecule has 0 N–H and O–H groups in total. The van der Waals surface area contributed by atoms with Gasteiger partial charge in [0.25, 0.3) is 0 Å². The van der Waals surface area contributed by atoms with E-state index in [1.807, 2.05) is 12.4 Å². The minimum Gasteiger partial charge on any atom is -0.384 e. The third kappa shape index (κ3) is 3.11. The Hall–Kier alpha value is -0.960. The van der Waals surface area contributed by atoms with Gasteiger partial charge in [0.2, 0.25) is 0 Å². The number of hydrogen-bond acceptors (Lipinski definition) is 3. The van der Waals surface area contributed by atoms with Crippen LogP contribution in [0.4, 0.5) is 0 Å². The van der Waals surface area contributed by atoms with E-state index in [-0.39, 0.29) is 0 Å². The standard InChI is InChI=1S/C10H16N2O/c1-8(2)10-11-6-9(7-12-10)4-5-13-3/h6-8H,4-5H2,1-3H3. The molecule has 72 valence electrons. The molecule has 3 heteroatoms. The van der Waals surface area contributed by atoms with Crippen molar-refractivity contribution in [1.82, 2.24) is 9.97 Å². The summed E-state index contributed by atoms with van der Waals surface area (Å²) in [7, 11) is 1.70. The van der Waals surface area contributed by atoms with Crippen LogP contribution < -0.4 is 0 Å². The van der Waals surface area contributed by atoms with E-state index in [1.54, 1.807) is 7.11 Å². The molecule has 0 aliphatic carbocycles. The van der Waals surface area contributed by atoms with E-state index >= 15 is 0 Å². The molecule has 0 radical (unpaired) electrons. The molecule has 0 saturated heterocycles. The van der Waals surface area contributed by atoms with Crippen LogP contribution in [0.15, 0.2) is 12.4 Å². The Kier molecular flexibility index (Phi) is 3.83. The molecule has 0 bridgehead atoms. The van der Waals surface area contributed by atoms with Gasteiger partial charge in [0, 0.05) is 25.4 Å². The van der Waals surface area contributed by atoms with Crippen molar-refractivity contribution >= 4 is 0 Å². The molecule has 0 saturated carbocycles. The van der Waals surface area contributed by atoms with Gasteiger partial charge in [-0.15, -0.1) is 0 Å². The molecule has 0 amide bonds. The molecule has 3 nitrogen and oxygen atoms in total. The normalized spacial score (nSPS) is 10.8. The van der Waals surface area contributed by atoms with Crippen molar-refractivity contribution in [3.05, 3.63) is 23.8 Å². The summed E-state index contributed by atoms with van der Waals surface area (Å²) in [5.74, 6) is 1.30. The number of hydrogen-bond donors (Lipinski definition) is 0. The lowest BCUT2D eigenvalue weighted by Crippen LogP contribution is -2.00. The van der Waals surface area contributed by atoms with E-state index in [0.29, 0.717) is 5.92 Å². The first kappa shape index (κ1) is 10.1. The fourth-order valence-electron chi connectivity index (χ4n) is 1.01. The Morgan fingerprint density at radius 2 is 1.92 bits per heavy atom. The molecule has 0 aromatic carbocycles.